The van der Waals surface area contributed by atoms with Gasteiger partial charge in [0, 0.05) is 24.9 Å². The van der Waals surface area contributed by atoms with Gasteiger partial charge in [-0.3, -0.25) is 9.59 Å². The van der Waals surface area contributed by atoms with Gasteiger partial charge < -0.3 is 10.6 Å². The second-order valence-corrected chi connectivity index (χ2v) is 6.60. The average Bonchev–Trinajstić information content (AvgIpc) is 3.21. The van der Waals surface area contributed by atoms with E-state index in [0.717, 1.165) is 18.5 Å². The number of hydrogen-bond acceptors (Lipinski definition) is 4. The molecule has 2 aliphatic rings. The Morgan fingerprint density at radius 2 is 1.83 bits per heavy atom. The highest BCUT2D eigenvalue weighted by Crippen LogP contribution is 2.33. The lowest BCUT2D eigenvalue weighted by Crippen LogP contribution is -2.31. The van der Waals surface area contributed by atoms with E-state index >= 15 is 0 Å². The van der Waals surface area contributed by atoms with Gasteiger partial charge in [0.1, 0.15) is 5.82 Å². The quantitative estimate of drug-likeness (QED) is 0.871. The van der Waals surface area contributed by atoms with Gasteiger partial charge in [-0.25, -0.2) is 4.68 Å². The summed E-state index contributed by atoms with van der Waals surface area (Å²) >= 11 is 0. The third-order valence-corrected chi connectivity index (χ3v) is 4.87. The van der Waals surface area contributed by atoms with E-state index in [9.17, 15) is 9.59 Å². The number of ketones is 1. The molecule has 0 spiro atoms. The number of para-hydroxylation sites is 1. The van der Waals surface area contributed by atoms with E-state index < -0.39 is 0 Å². The van der Waals surface area contributed by atoms with Crippen LogP contribution in [0.15, 0.2) is 36.5 Å². The van der Waals surface area contributed by atoms with Crippen LogP contribution in [0.5, 0.6) is 0 Å². The molecule has 2 heterocycles. The van der Waals surface area contributed by atoms with E-state index in [1.807, 2.05) is 35.2 Å². The molecule has 0 bridgehead atoms. The molecule has 1 aromatic heterocycles. The molecule has 0 unspecified atom stereocenters. The van der Waals surface area contributed by atoms with Crippen LogP contribution in [0.1, 0.15) is 29.6 Å². The Morgan fingerprint density at radius 1 is 1.08 bits per heavy atom. The highest BCUT2D eigenvalue weighted by Gasteiger charge is 2.39. The van der Waals surface area contributed by atoms with Gasteiger partial charge in [0.2, 0.25) is 5.91 Å². The molecule has 124 valence electrons. The predicted molar refractivity (Wildman–Crippen MR) is 89.7 cm³/mol. The second-order valence-electron chi connectivity index (χ2n) is 6.60. The van der Waals surface area contributed by atoms with Gasteiger partial charge in [0.05, 0.1) is 17.4 Å². The van der Waals surface area contributed by atoms with Gasteiger partial charge in [-0.2, -0.15) is 5.10 Å². The molecule has 24 heavy (non-hydrogen) atoms. The van der Waals surface area contributed by atoms with Crippen LogP contribution in [-0.2, 0) is 4.79 Å². The number of nitrogens with two attached hydrogens (primary N) is 1. The van der Waals surface area contributed by atoms with Crippen molar-refractivity contribution in [1.82, 2.24) is 14.7 Å². The molecule has 2 N–H and O–H groups in total. The SMILES string of the molecule is Nc1c(C(=O)[C@@H]2CCN(C(=O)C3CC3)C2)cnn1-c1ccccc1. The number of rotatable bonds is 4. The lowest BCUT2D eigenvalue weighted by atomic mass is 9.98. The van der Waals surface area contributed by atoms with Gasteiger partial charge in [-0.1, -0.05) is 18.2 Å². The molecule has 1 atom stereocenters. The van der Waals surface area contributed by atoms with Crippen molar-refractivity contribution in [2.24, 2.45) is 11.8 Å². The van der Waals surface area contributed by atoms with Crippen LogP contribution in [0.3, 0.4) is 0 Å². The molecule has 1 aliphatic carbocycles. The number of aromatic nitrogens is 2. The summed E-state index contributed by atoms with van der Waals surface area (Å²) < 4.78 is 1.58. The maximum atomic E-state index is 12.8. The first-order chi connectivity index (χ1) is 11.6. The maximum Gasteiger partial charge on any atom is 0.225 e. The zero-order chi connectivity index (χ0) is 16.7. The average molecular weight is 324 g/mol. The first-order valence-electron chi connectivity index (χ1n) is 8.37. The fourth-order valence-electron chi connectivity index (χ4n) is 3.31. The predicted octanol–water partition coefficient (Wildman–Crippen LogP) is 1.90. The van der Waals surface area contributed by atoms with Crippen LogP contribution in [0, 0.1) is 11.8 Å². The smallest absolute Gasteiger partial charge is 0.225 e. The largest absolute Gasteiger partial charge is 0.383 e. The van der Waals surface area contributed by atoms with E-state index in [1.165, 1.54) is 6.20 Å². The topological polar surface area (TPSA) is 81.2 Å². The van der Waals surface area contributed by atoms with Crippen LogP contribution in [0.2, 0.25) is 0 Å². The zero-order valence-electron chi connectivity index (χ0n) is 13.4. The molecular weight excluding hydrogens is 304 g/mol. The minimum absolute atomic E-state index is 0.0132. The van der Waals surface area contributed by atoms with Crippen molar-refractivity contribution < 1.29 is 9.59 Å². The van der Waals surface area contributed by atoms with Crippen molar-refractivity contribution in [3.63, 3.8) is 0 Å². The third kappa shape index (κ3) is 2.58. The molecule has 1 aliphatic heterocycles. The van der Waals surface area contributed by atoms with Crippen molar-refractivity contribution in [2.45, 2.75) is 19.3 Å². The van der Waals surface area contributed by atoms with Crippen LogP contribution in [-0.4, -0.2) is 39.5 Å². The summed E-state index contributed by atoms with van der Waals surface area (Å²) in [5.41, 5.74) is 7.43. The van der Waals surface area contributed by atoms with Gasteiger partial charge in [0.25, 0.3) is 0 Å². The van der Waals surface area contributed by atoms with Crippen molar-refractivity contribution in [3.8, 4) is 5.69 Å². The summed E-state index contributed by atoms with van der Waals surface area (Å²) in [4.78, 5) is 26.8. The minimum atomic E-state index is -0.177. The molecule has 6 nitrogen and oxygen atoms in total. The summed E-state index contributed by atoms with van der Waals surface area (Å²) in [5, 5.41) is 4.26. The molecule has 1 amide bonds. The number of Topliss-reactive ketones (excluding diaryl/α,β-unsaturated/α-hetero) is 1. The number of likely N-dealkylation sites (tertiary alicyclic amines) is 1. The fraction of sp³-hybridized carbons (Fsp3) is 0.389. The Morgan fingerprint density at radius 3 is 2.54 bits per heavy atom. The molecule has 1 saturated carbocycles. The van der Waals surface area contributed by atoms with Crippen LogP contribution in [0.4, 0.5) is 5.82 Å². The number of amides is 1. The third-order valence-electron chi connectivity index (χ3n) is 4.87. The summed E-state index contributed by atoms with van der Waals surface area (Å²) in [7, 11) is 0. The van der Waals surface area contributed by atoms with Crippen LogP contribution < -0.4 is 5.73 Å². The highest BCUT2D eigenvalue weighted by molar-refractivity contribution is 6.02. The first-order valence-corrected chi connectivity index (χ1v) is 8.37. The normalized spacial score (nSPS) is 20.3. The molecule has 2 aromatic rings. The van der Waals surface area contributed by atoms with Crippen molar-refractivity contribution >= 4 is 17.5 Å². The standard InChI is InChI=1S/C18H20N4O2/c19-17-15(10-20-22(17)14-4-2-1-3-5-14)16(23)13-8-9-21(11-13)18(24)12-6-7-12/h1-5,10,12-13H,6-9,11,19H2/t13-/m1/s1. The molecule has 4 rings (SSSR count). The monoisotopic (exact) mass is 324 g/mol. The number of hydrogen-bond donors (Lipinski definition) is 1. The minimum Gasteiger partial charge on any atom is -0.383 e. The lowest BCUT2D eigenvalue weighted by molar-refractivity contribution is -0.131. The summed E-state index contributed by atoms with van der Waals surface area (Å²) in [6.45, 7) is 1.17. The molecule has 1 aromatic carbocycles. The molecule has 6 heteroatoms. The van der Waals surface area contributed by atoms with Gasteiger partial charge >= 0.3 is 0 Å². The number of carbonyl (C=O) groups excluding carboxylic acids is 2. The van der Waals surface area contributed by atoms with Gasteiger partial charge in [-0.05, 0) is 31.4 Å². The Hall–Kier alpha value is -2.63. The second kappa shape index (κ2) is 5.78. The lowest BCUT2D eigenvalue weighted by Gasteiger charge is -2.15. The Kier molecular flexibility index (Phi) is 3.59. The van der Waals surface area contributed by atoms with Crippen molar-refractivity contribution in [1.29, 1.82) is 0 Å². The molecule has 0 radical (unpaired) electrons. The van der Waals surface area contributed by atoms with Gasteiger partial charge in [-0.15, -0.1) is 0 Å². The van der Waals surface area contributed by atoms with E-state index in [4.69, 9.17) is 5.73 Å². The van der Waals surface area contributed by atoms with Crippen LogP contribution >= 0.6 is 0 Å². The maximum absolute atomic E-state index is 12.8. The number of benzene rings is 1. The molecule has 1 saturated heterocycles. The zero-order valence-corrected chi connectivity index (χ0v) is 13.4. The number of anilines is 1. The highest BCUT2D eigenvalue weighted by atomic mass is 16.2. The van der Waals surface area contributed by atoms with Crippen molar-refractivity contribution in [2.75, 3.05) is 18.8 Å². The van der Waals surface area contributed by atoms with Gasteiger partial charge in [0.15, 0.2) is 5.78 Å². The van der Waals surface area contributed by atoms with Crippen LogP contribution in [0.25, 0.3) is 5.69 Å². The van der Waals surface area contributed by atoms with E-state index in [1.54, 1.807) is 4.68 Å². The molecule has 2 fully saturated rings. The first kappa shape index (κ1) is 14.9. The van der Waals surface area contributed by atoms with E-state index in [2.05, 4.69) is 5.10 Å². The van der Waals surface area contributed by atoms with E-state index in [0.29, 0.717) is 30.9 Å². The Labute approximate surface area is 140 Å². The summed E-state index contributed by atoms with van der Waals surface area (Å²) in [6.07, 6.45) is 4.22. The number of nitrogens with zero attached hydrogens (tertiary/aromatic N) is 3. The van der Waals surface area contributed by atoms with E-state index in [-0.39, 0.29) is 23.5 Å². The summed E-state index contributed by atoms with van der Waals surface area (Å²) in [5.74, 6) is 0.574. The van der Waals surface area contributed by atoms with Crippen molar-refractivity contribution in [3.05, 3.63) is 42.1 Å². The number of nitrogen functional groups attached to an aromatic ring is 1. The number of carbonyl (C=O) groups is 2. The molecular formula is C18H20N4O2. The fourth-order valence-corrected chi connectivity index (χ4v) is 3.31. The summed E-state index contributed by atoms with van der Waals surface area (Å²) in [6, 6.07) is 9.50. The Balaban J connectivity index is 1.51. The Bertz CT molecular complexity index is 780.